The largest absolute Gasteiger partial charge is 0.455 e. The first-order valence-electron chi connectivity index (χ1n) is 6.98. The van der Waals surface area contributed by atoms with Crippen LogP contribution in [0.2, 0.25) is 0 Å². The fourth-order valence-electron chi connectivity index (χ4n) is 1.85. The van der Waals surface area contributed by atoms with Crippen molar-refractivity contribution in [2.45, 2.75) is 6.92 Å². The lowest BCUT2D eigenvalue weighted by Crippen LogP contribution is -2.23. The van der Waals surface area contributed by atoms with Crippen molar-refractivity contribution in [2.24, 2.45) is 4.99 Å². The van der Waals surface area contributed by atoms with Gasteiger partial charge in [-0.2, -0.15) is 0 Å². The Morgan fingerprint density at radius 1 is 1.32 bits per heavy atom. The number of aryl methyl sites for hydroxylation is 1. The Kier molecular flexibility index (Phi) is 5.67. The molecule has 1 N–H and O–H groups in total. The summed E-state index contributed by atoms with van der Waals surface area (Å²) in [6.07, 6.45) is 3.28. The predicted molar refractivity (Wildman–Crippen MR) is 88.6 cm³/mol. The fourth-order valence-corrected chi connectivity index (χ4v) is 1.85. The Morgan fingerprint density at radius 2 is 2.08 bits per heavy atom. The quantitative estimate of drug-likeness (QED) is 0.643. The van der Waals surface area contributed by atoms with E-state index in [-0.39, 0.29) is 23.0 Å². The molecule has 25 heavy (non-hydrogen) atoms. The summed E-state index contributed by atoms with van der Waals surface area (Å²) in [5.74, 6) is -1.68. The van der Waals surface area contributed by atoms with Crippen LogP contribution in [-0.4, -0.2) is 22.6 Å². The zero-order valence-corrected chi connectivity index (χ0v) is 13.3. The number of ether oxygens (including phenoxy) is 1. The Hall–Kier alpha value is -3.42. The van der Waals surface area contributed by atoms with Gasteiger partial charge in [0.1, 0.15) is 34.7 Å². The summed E-state index contributed by atoms with van der Waals surface area (Å²) in [7, 11) is 0. The van der Waals surface area contributed by atoms with Crippen molar-refractivity contribution in [3.05, 3.63) is 72.1 Å². The van der Waals surface area contributed by atoms with E-state index in [0.717, 1.165) is 18.3 Å². The van der Waals surface area contributed by atoms with Gasteiger partial charge in [0.15, 0.2) is 0 Å². The molecule has 0 unspecified atom stereocenters. The third-order valence-corrected chi connectivity index (χ3v) is 2.78. The van der Waals surface area contributed by atoms with E-state index in [1.165, 1.54) is 12.3 Å². The maximum atomic E-state index is 13.2. The van der Waals surface area contributed by atoms with Gasteiger partial charge in [0, 0.05) is 30.0 Å². The Bertz CT molecular complexity index is 865. The minimum absolute atomic E-state index is 0.00150. The van der Waals surface area contributed by atoms with E-state index < -0.39 is 17.6 Å². The standard InChI is InChI=1S/C17H14F2N4O2/c1-10(18)4-16(20-3)23-17(24)15-7-13(5-11(2)22-15)25-14-6-12(19)8-21-9-14/h4-9H,1,3H2,2H3,(H,23,24)/b16-4+. The highest BCUT2D eigenvalue weighted by Gasteiger charge is 2.12. The number of rotatable bonds is 6. The summed E-state index contributed by atoms with van der Waals surface area (Å²) >= 11 is 0. The third-order valence-electron chi connectivity index (χ3n) is 2.78. The van der Waals surface area contributed by atoms with Gasteiger partial charge in [0.2, 0.25) is 0 Å². The highest BCUT2D eigenvalue weighted by atomic mass is 19.1. The summed E-state index contributed by atoms with van der Waals surface area (Å²) < 4.78 is 31.5. The van der Waals surface area contributed by atoms with Crippen LogP contribution in [0.5, 0.6) is 11.5 Å². The van der Waals surface area contributed by atoms with Crippen molar-refractivity contribution in [1.29, 1.82) is 0 Å². The summed E-state index contributed by atoms with van der Waals surface area (Å²) in [4.78, 5) is 23.5. The van der Waals surface area contributed by atoms with Crippen molar-refractivity contribution in [3.63, 3.8) is 0 Å². The van der Waals surface area contributed by atoms with Crippen LogP contribution in [0.3, 0.4) is 0 Å². The maximum Gasteiger partial charge on any atom is 0.275 e. The molecule has 0 aliphatic heterocycles. The lowest BCUT2D eigenvalue weighted by Gasteiger charge is -2.09. The molecule has 6 nitrogen and oxygen atoms in total. The third kappa shape index (κ3) is 5.31. The van der Waals surface area contributed by atoms with E-state index >= 15 is 0 Å². The number of amides is 1. The van der Waals surface area contributed by atoms with Crippen molar-refractivity contribution < 1.29 is 18.3 Å². The second-order valence-electron chi connectivity index (χ2n) is 4.86. The number of hydrogen-bond donors (Lipinski definition) is 1. The highest BCUT2D eigenvalue weighted by molar-refractivity contribution is 5.94. The van der Waals surface area contributed by atoms with Gasteiger partial charge in [-0.05, 0) is 13.6 Å². The first-order chi connectivity index (χ1) is 11.9. The minimum atomic E-state index is -0.789. The molecule has 0 saturated heterocycles. The molecule has 128 valence electrons. The van der Waals surface area contributed by atoms with E-state index in [4.69, 9.17) is 4.74 Å². The summed E-state index contributed by atoms with van der Waals surface area (Å²) in [6, 6.07) is 4.06. The highest BCUT2D eigenvalue weighted by Crippen LogP contribution is 2.22. The van der Waals surface area contributed by atoms with Gasteiger partial charge < -0.3 is 10.1 Å². The summed E-state index contributed by atoms with van der Waals surface area (Å²) in [5.41, 5.74) is 0.484. The van der Waals surface area contributed by atoms with Crippen LogP contribution in [0.4, 0.5) is 8.78 Å². The van der Waals surface area contributed by atoms with Crippen LogP contribution < -0.4 is 10.1 Å². The summed E-state index contributed by atoms with van der Waals surface area (Å²) in [5, 5.41) is 2.34. The number of halogens is 2. The number of pyridine rings is 2. The van der Waals surface area contributed by atoms with Crippen molar-refractivity contribution >= 4 is 12.6 Å². The molecule has 0 bridgehead atoms. The van der Waals surface area contributed by atoms with Crippen molar-refractivity contribution in [2.75, 3.05) is 0 Å². The SMILES string of the molecule is C=N/C(=C\C(=C)F)NC(=O)c1cc(Oc2cncc(F)c2)cc(C)n1. The minimum Gasteiger partial charge on any atom is -0.455 e. The van der Waals surface area contributed by atoms with Crippen molar-refractivity contribution in [3.8, 4) is 11.5 Å². The monoisotopic (exact) mass is 344 g/mol. The molecule has 2 aromatic rings. The van der Waals surface area contributed by atoms with Gasteiger partial charge in [0.25, 0.3) is 5.91 Å². The molecule has 0 aromatic carbocycles. The number of allylic oxidation sites excluding steroid dienone is 2. The number of carbonyl (C=O) groups excluding carboxylic acids is 1. The number of carbonyl (C=O) groups is 1. The van der Waals surface area contributed by atoms with Gasteiger partial charge in [0.05, 0.1) is 12.4 Å². The topological polar surface area (TPSA) is 76.5 Å². The van der Waals surface area contributed by atoms with Crippen LogP contribution in [0.15, 0.2) is 59.9 Å². The van der Waals surface area contributed by atoms with Crippen LogP contribution in [0.25, 0.3) is 0 Å². The van der Waals surface area contributed by atoms with Gasteiger partial charge in [-0.15, -0.1) is 0 Å². The average molecular weight is 344 g/mol. The van der Waals surface area contributed by atoms with E-state index in [2.05, 4.69) is 33.6 Å². The molecule has 0 atom stereocenters. The number of aliphatic imine (C=N–C) groups is 1. The smallest absolute Gasteiger partial charge is 0.275 e. The molecule has 2 aromatic heterocycles. The predicted octanol–water partition coefficient (Wildman–Crippen LogP) is 3.47. The van der Waals surface area contributed by atoms with Gasteiger partial charge in [-0.3, -0.25) is 9.78 Å². The second-order valence-corrected chi connectivity index (χ2v) is 4.86. The average Bonchev–Trinajstić information content (AvgIpc) is 2.53. The summed E-state index contributed by atoms with van der Waals surface area (Å²) in [6.45, 7) is 7.93. The first-order valence-corrected chi connectivity index (χ1v) is 6.98. The molecule has 2 rings (SSSR count). The zero-order chi connectivity index (χ0) is 18.4. The van der Waals surface area contributed by atoms with Gasteiger partial charge >= 0.3 is 0 Å². The Balaban J connectivity index is 2.24. The molecule has 0 saturated carbocycles. The normalized spacial score (nSPS) is 10.9. The number of nitrogens with zero attached hydrogens (tertiary/aromatic N) is 3. The lowest BCUT2D eigenvalue weighted by atomic mass is 10.2. The number of aromatic nitrogens is 2. The second kappa shape index (κ2) is 7.91. The molecule has 2 heterocycles. The molecule has 0 aliphatic carbocycles. The molecular formula is C17H14F2N4O2. The molecule has 0 aliphatic rings. The first kappa shape index (κ1) is 17.9. The van der Waals surface area contributed by atoms with Crippen LogP contribution in [0.1, 0.15) is 16.2 Å². The zero-order valence-electron chi connectivity index (χ0n) is 13.3. The molecule has 0 radical (unpaired) electrons. The van der Waals surface area contributed by atoms with Gasteiger partial charge in [-0.1, -0.05) is 6.58 Å². The number of nitrogens with one attached hydrogen (secondary N) is 1. The molecule has 1 amide bonds. The van der Waals surface area contributed by atoms with E-state index in [1.54, 1.807) is 13.0 Å². The van der Waals surface area contributed by atoms with Gasteiger partial charge in [-0.25, -0.2) is 18.8 Å². The fraction of sp³-hybridized carbons (Fsp3) is 0.0588. The molecule has 8 heteroatoms. The van der Waals surface area contributed by atoms with Crippen LogP contribution in [0, 0.1) is 12.7 Å². The number of hydrogen-bond acceptors (Lipinski definition) is 5. The maximum absolute atomic E-state index is 13.2. The Morgan fingerprint density at radius 3 is 2.72 bits per heavy atom. The van der Waals surface area contributed by atoms with E-state index in [9.17, 15) is 13.6 Å². The molecule has 0 fully saturated rings. The Labute approximate surface area is 142 Å². The van der Waals surface area contributed by atoms with E-state index in [0.29, 0.717) is 5.69 Å². The lowest BCUT2D eigenvalue weighted by molar-refractivity contribution is 0.0960. The molecular weight excluding hydrogens is 330 g/mol. The van der Waals surface area contributed by atoms with E-state index in [1.807, 2.05) is 0 Å². The molecule has 0 spiro atoms. The van der Waals surface area contributed by atoms with Crippen LogP contribution in [-0.2, 0) is 0 Å². The van der Waals surface area contributed by atoms with Crippen molar-refractivity contribution in [1.82, 2.24) is 15.3 Å². The van der Waals surface area contributed by atoms with Crippen LogP contribution >= 0.6 is 0 Å².